The molecule has 0 N–H and O–H groups in total. The molecule has 0 bridgehead atoms. The number of non-ortho nitro benzene ring substituents is 1. The van der Waals surface area contributed by atoms with Crippen LogP contribution in [-0.4, -0.2) is 43.6 Å². The average Bonchev–Trinajstić information content (AvgIpc) is 2.39. The van der Waals surface area contributed by atoms with Gasteiger partial charge in [-0.2, -0.15) is 0 Å². The van der Waals surface area contributed by atoms with Gasteiger partial charge in [-0.15, -0.1) is 0 Å². The molecule has 1 heterocycles. The van der Waals surface area contributed by atoms with E-state index in [4.69, 9.17) is 0 Å². The van der Waals surface area contributed by atoms with Crippen molar-refractivity contribution < 1.29 is 4.92 Å². The molecule has 5 heteroatoms. The van der Waals surface area contributed by atoms with Crippen molar-refractivity contribution >= 4 is 11.4 Å². The molecule has 1 saturated heterocycles. The summed E-state index contributed by atoms with van der Waals surface area (Å²) in [6.45, 7) is 3.10. The smallest absolute Gasteiger partial charge is 0.271 e. The summed E-state index contributed by atoms with van der Waals surface area (Å²) in [5, 5.41) is 10.8. The van der Waals surface area contributed by atoms with E-state index < -0.39 is 0 Å². The molecule has 1 aromatic carbocycles. The molecule has 19 heavy (non-hydrogen) atoms. The van der Waals surface area contributed by atoms with Crippen LogP contribution in [-0.2, 0) is 0 Å². The SMILES string of the molecule is CN(C)CC1CCN(c2cccc([N+](=O)[O-])c2)CC1. The summed E-state index contributed by atoms with van der Waals surface area (Å²) in [5.74, 6) is 0.741. The maximum Gasteiger partial charge on any atom is 0.271 e. The van der Waals surface area contributed by atoms with E-state index >= 15 is 0 Å². The van der Waals surface area contributed by atoms with E-state index in [0.29, 0.717) is 0 Å². The Balaban J connectivity index is 1.97. The van der Waals surface area contributed by atoms with Crippen LogP contribution in [0.2, 0.25) is 0 Å². The molecule has 5 nitrogen and oxygen atoms in total. The van der Waals surface area contributed by atoms with Crippen LogP contribution in [0.1, 0.15) is 12.8 Å². The second-order valence-electron chi connectivity index (χ2n) is 5.47. The summed E-state index contributed by atoms with van der Waals surface area (Å²) in [6.07, 6.45) is 2.31. The Bertz CT molecular complexity index is 440. The Kier molecular flexibility index (Phi) is 4.37. The molecule has 104 valence electrons. The molecule has 0 aromatic heterocycles. The maximum absolute atomic E-state index is 10.8. The fourth-order valence-corrected chi connectivity index (χ4v) is 2.69. The first-order chi connectivity index (χ1) is 9.06. The Morgan fingerprint density at radius 3 is 2.63 bits per heavy atom. The lowest BCUT2D eigenvalue weighted by Gasteiger charge is -2.34. The quantitative estimate of drug-likeness (QED) is 0.618. The van der Waals surface area contributed by atoms with Crippen LogP contribution in [0.4, 0.5) is 11.4 Å². The van der Waals surface area contributed by atoms with Crippen LogP contribution < -0.4 is 4.90 Å². The Hall–Kier alpha value is -1.62. The van der Waals surface area contributed by atoms with Gasteiger partial charge in [0.1, 0.15) is 0 Å². The predicted molar refractivity (Wildman–Crippen MR) is 76.6 cm³/mol. The zero-order chi connectivity index (χ0) is 13.8. The van der Waals surface area contributed by atoms with E-state index in [9.17, 15) is 10.1 Å². The largest absolute Gasteiger partial charge is 0.371 e. The average molecular weight is 263 g/mol. The van der Waals surface area contributed by atoms with Gasteiger partial charge in [0, 0.05) is 37.5 Å². The lowest BCUT2D eigenvalue weighted by molar-refractivity contribution is -0.384. The second-order valence-corrected chi connectivity index (χ2v) is 5.47. The van der Waals surface area contributed by atoms with E-state index in [-0.39, 0.29) is 10.6 Å². The normalized spacial score (nSPS) is 16.9. The van der Waals surface area contributed by atoms with E-state index in [1.54, 1.807) is 18.2 Å². The number of anilines is 1. The molecule has 0 unspecified atom stereocenters. The van der Waals surface area contributed by atoms with Crippen molar-refractivity contribution in [3.05, 3.63) is 34.4 Å². The number of hydrogen-bond donors (Lipinski definition) is 0. The van der Waals surface area contributed by atoms with Gasteiger partial charge in [0.2, 0.25) is 0 Å². The zero-order valence-corrected chi connectivity index (χ0v) is 11.6. The number of piperidine rings is 1. The topological polar surface area (TPSA) is 49.6 Å². The highest BCUT2D eigenvalue weighted by Gasteiger charge is 2.20. The lowest BCUT2D eigenvalue weighted by Crippen LogP contribution is -2.37. The molecule has 0 amide bonds. The summed E-state index contributed by atoms with van der Waals surface area (Å²) < 4.78 is 0. The monoisotopic (exact) mass is 263 g/mol. The van der Waals surface area contributed by atoms with Crippen LogP contribution >= 0.6 is 0 Å². The fraction of sp³-hybridized carbons (Fsp3) is 0.571. The van der Waals surface area contributed by atoms with Gasteiger partial charge < -0.3 is 9.80 Å². The first-order valence-corrected chi connectivity index (χ1v) is 6.70. The van der Waals surface area contributed by atoms with Gasteiger partial charge >= 0.3 is 0 Å². The molecule has 0 radical (unpaired) electrons. The molecule has 0 aliphatic carbocycles. The Labute approximate surface area is 114 Å². The number of rotatable bonds is 4. The van der Waals surface area contributed by atoms with Crippen LogP contribution in [0.25, 0.3) is 0 Å². The summed E-state index contributed by atoms with van der Waals surface area (Å²) in [7, 11) is 4.21. The van der Waals surface area contributed by atoms with Crippen molar-refractivity contribution in [3.8, 4) is 0 Å². The number of nitro benzene ring substituents is 1. The second kappa shape index (κ2) is 6.02. The number of nitro groups is 1. The molecule has 1 fully saturated rings. The minimum absolute atomic E-state index is 0.174. The van der Waals surface area contributed by atoms with Crippen molar-refractivity contribution in [3.63, 3.8) is 0 Å². The number of hydrogen-bond acceptors (Lipinski definition) is 4. The van der Waals surface area contributed by atoms with Crippen LogP contribution in [0, 0.1) is 16.0 Å². The Morgan fingerprint density at radius 1 is 1.37 bits per heavy atom. The van der Waals surface area contributed by atoms with E-state index in [0.717, 1.165) is 44.1 Å². The highest BCUT2D eigenvalue weighted by atomic mass is 16.6. The molecule has 2 rings (SSSR count). The predicted octanol–water partition coefficient (Wildman–Crippen LogP) is 2.37. The molecule has 1 aliphatic rings. The van der Waals surface area contributed by atoms with Crippen molar-refractivity contribution in [2.24, 2.45) is 5.92 Å². The standard InChI is InChI=1S/C14H21N3O2/c1-15(2)11-12-6-8-16(9-7-12)13-4-3-5-14(10-13)17(18)19/h3-5,10,12H,6-9,11H2,1-2H3. The molecule has 1 aromatic rings. The summed E-state index contributed by atoms with van der Waals surface area (Å²) in [6, 6.07) is 6.94. The molecular formula is C14H21N3O2. The molecule has 1 aliphatic heterocycles. The van der Waals surface area contributed by atoms with Crippen LogP contribution in [0.5, 0.6) is 0 Å². The third-order valence-corrected chi connectivity index (χ3v) is 3.64. The third-order valence-electron chi connectivity index (χ3n) is 3.64. The van der Waals surface area contributed by atoms with Gasteiger partial charge in [-0.05, 0) is 38.9 Å². The minimum atomic E-state index is -0.331. The number of benzene rings is 1. The van der Waals surface area contributed by atoms with Crippen molar-refractivity contribution in [2.75, 3.05) is 38.6 Å². The summed E-state index contributed by atoms with van der Waals surface area (Å²) >= 11 is 0. The van der Waals surface area contributed by atoms with Gasteiger partial charge in [0.25, 0.3) is 5.69 Å². The zero-order valence-electron chi connectivity index (χ0n) is 11.6. The van der Waals surface area contributed by atoms with Gasteiger partial charge in [0.05, 0.1) is 4.92 Å². The van der Waals surface area contributed by atoms with Gasteiger partial charge in [-0.3, -0.25) is 10.1 Å². The molecule has 0 spiro atoms. The van der Waals surface area contributed by atoms with E-state index in [1.807, 2.05) is 6.07 Å². The van der Waals surface area contributed by atoms with Gasteiger partial charge in [-0.25, -0.2) is 0 Å². The maximum atomic E-state index is 10.8. The van der Waals surface area contributed by atoms with Gasteiger partial charge in [0.15, 0.2) is 0 Å². The first-order valence-electron chi connectivity index (χ1n) is 6.70. The van der Waals surface area contributed by atoms with Crippen molar-refractivity contribution in [2.45, 2.75) is 12.8 Å². The van der Waals surface area contributed by atoms with Crippen molar-refractivity contribution in [1.82, 2.24) is 4.90 Å². The van der Waals surface area contributed by atoms with Crippen LogP contribution in [0.3, 0.4) is 0 Å². The highest BCUT2D eigenvalue weighted by molar-refractivity contribution is 5.53. The first kappa shape index (κ1) is 13.8. The number of nitrogens with zero attached hydrogens (tertiary/aromatic N) is 3. The third kappa shape index (κ3) is 3.67. The molecule has 0 saturated carbocycles. The highest BCUT2D eigenvalue weighted by Crippen LogP contribution is 2.26. The van der Waals surface area contributed by atoms with E-state index in [1.165, 1.54) is 0 Å². The van der Waals surface area contributed by atoms with Crippen molar-refractivity contribution in [1.29, 1.82) is 0 Å². The van der Waals surface area contributed by atoms with E-state index in [2.05, 4.69) is 23.9 Å². The summed E-state index contributed by atoms with van der Waals surface area (Å²) in [5.41, 5.74) is 1.14. The minimum Gasteiger partial charge on any atom is -0.371 e. The lowest BCUT2D eigenvalue weighted by atomic mass is 9.96. The fourth-order valence-electron chi connectivity index (χ4n) is 2.69. The molecular weight excluding hydrogens is 242 g/mol. The van der Waals surface area contributed by atoms with Gasteiger partial charge in [-0.1, -0.05) is 6.07 Å². The molecule has 0 atom stereocenters. The summed E-state index contributed by atoms with van der Waals surface area (Å²) in [4.78, 5) is 14.9. The van der Waals surface area contributed by atoms with Crippen LogP contribution in [0.15, 0.2) is 24.3 Å². The Morgan fingerprint density at radius 2 is 2.05 bits per heavy atom.